The van der Waals surface area contributed by atoms with Crippen LogP contribution >= 0.6 is 0 Å². The zero-order valence-corrected chi connectivity index (χ0v) is 12.2. The fourth-order valence-corrected chi connectivity index (χ4v) is 2.59. The van der Waals surface area contributed by atoms with Crippen molar-refractivity contribution in [3.05, 3.63) is 0 Å². The molecule has 0 spiro atoms. The summed E-state index contributed by atoms with van der Waals surface area (Å²) >= 11 is 0. The van der Waals surface area contributed by atoms with Gasteiger partial charge in [-0.15, -0.1) is 0 Å². The van der Waals surface area contributed by atoms with Crippen molar-refractivity contribution in [3.8, 4) is 0 Å². The van der Waals surface area contributed by atoms with Crippen LogP contribution in [0.15, 0.2) is 0 Å². The lowest BCUT2D eigenvalue weighted by Crippen LogP contribution is -2.36. The van der Waals surface area contributed by atoms with Crippen LogP contribution in [-0.2, 0) is 0 Å². The molecule has 1 saturated heterocycles. The van der Waals surface area contributed by atoms with Gasteiger partial charge < -0.3 is 15.1 Å². The Morgan fingerprint density at radius 1 is 1.35 bits per heavy atom. The predicted molar refractivity (Wildman–Crippen MR) is 75.5 cm³/mol. The van der Waals surface area contributed by atoms with Crippen LogP contribution in [0, 0.1) is 5.92 Å². The van der Waals surface area contributed by atoms with Crippen LogP contribution in [0.1, 0.15) is 32.6 Å². The molecular weight excluding hydrogens is 210 g/mol. The number of rotatable bonds is 7. The molecule has 1 atom stereocenters. The maximum atomic E-state index is 3.30. The van der Waals surface area contributed by atoms with Crippen LogP contribution in [0.5, 0.6) is 0 Å². The van der Waals surface area contributed by atoms with Crippen LogP contribution in [0.3, 0.4) is 0 Å². The number of piperidine rings is 1. The van der Waals surface area contributed by atoms with Gasteiger partial charge in [0.05, 0.1) is 0 Å². The number of nitrogens with one attached hydrogen (secondary N) is 1. The van der Waals surface area contributed by atoms with E-state index in [0.29, 0.717) is 6.04 Å². The summed E-state index contributed by atoms with van der Waals surface area (Å²) in [6.45, 7) is 7.38. The molecule has 0 aromatic heterocycles. The molecule has 0 aromatic carbocycles. The molecule has 1 fully saturated rings. The molecule has 3 nitrogen and oxygen atoms in total. The van der Waals surface area contributed by atoms with Crippen LogP contribution in [0.4, 0.5) is 0 Å². The molecule has 1 aliphatic rings. The van der Waals surface area contributed by atoms with Crippen molar-refractivity contribution in [1.29, 1.82) is 0 Å². The van der Waals surface area contributed by atoms with E-state index in [1.165, 1.54) is 51.9 Å². The first-order chi connectivity index (χ1) is 8.11. The third kappa shape index (κ3) is 6.39. The number of likely N-dealkylation sites (tertiary alicyclic amines) is 1. The minimum absolute atomic E-state index is 0.659. The van der Waals surface area contributed by atoms with Crippen molar-refractivity contribution in [1.82, 2.24) is 15.1 Å². The molecular formula is C14H31N3. The standard InChI is InChI=1S/C14H31N3/c1-13(15-2)6-5-9-17(4)12-14-7-10-16(3)11-8-14/h13-15H,5-12H2,1-4H3. The van der Waals surface area contributed by atoms with Gasteiger partial charge in [-0.2, -0.15) is 0 Å². The highest BCUT2D eigenvalue weighted by Gasteiger charge is 2.17. The van der Waals surface area contributed by atoms with Crippen molar-refractivity contribution in [2.45, 2.75) is 38.6 Å². The van der Waals surface area contributed by atoms with Crippen molar-refractivity contribution >= 4 is 0 Å². The normalized spacial score (nSPS) is 21.0. The highest BCUT2D eigenvalue weighted by molar-refractivity contribution is 4.72. The summed E-state index contributed by atoms with van der Waals surface area (Å²) in [6.07, 6.45) is 5.36. The lowest BCUT2D eigenvalue weighted by molar-refractivity contribution is 0.174. The maximum absolute atomic E-state index is 3.30. The maximum Gasteiger partial charge on any atom is 0.00362 e. The topological polar surface area (TPSA) is 18.5 Å². The Morgan fingerprint density at radius 3 is 2.59 bits per heavy atom. The number of nitrogens with zero attached hydrogens (tertiary/aromatic N) is 2. The molecule has 1 heterocycles. The SMILES string of the molecule is CNC(C)CCCN(C)CC1CCN(C)CC1. The molecule has 0 aliphatic carbocycles. The van der Waals surface area contributed by atoms with E-state index < -0.39 is 0 Å². The van der Waals surface area contributed by atoms with Crippen LogP contribution in [0.2, 0.25) is 0 Å². The summed E-state index contributed by atoms with van der Waals surface area (Å²) in [5, 5.41) is 3.30. The van der Waals surface area contributed by atoms with Crippen LogP contribution < -0.4 is 5.32 Å². The first kappa shape index (κ1) is 14.9. The van der Waals surface area contributed by atoms with Gasteiger partial charge in [-0.3, -0.25) is 0 Å². The molecule has 1 aliphatic heterocycles. The summed E-state index contributed by atoms with van der Waals surface area (Å²) in [5.74, 6) is 0.929. The molecule has 0 saturated carbocycles. The Hall–Kier alpha value is -0.120. The molecule has 102 valence electrons. The summed E-state index contributed by atoms with van der Waals surface area (Å²) in [6, 6.07) is 0.659. The fourth-order valence-electron chi connectivity index (χ4n) is 2.59. The van der Waals surface area contributed by atoms with Gasteiger partial charge in [-0.05, 0) is 79.3 Å². The molecule has 1 rings (SSSR count). The molecule has 3 heteroatoms. The quantitative estimate of drug-likeness (QED) is 0.731. The second-order valence-corrected chi connectivity index (χ2v) is 5.84. The van der Waals surface area contributed by atoms with E-state index in [0.717, 1.165) is 5.92 Å². The lowest BCUT2D eigenvalue weighted by atomic mass is 9.96. The third-order valence-corrected chi connectivity index (χ3v) is 4.08. The van der Waals surface area contributed by atoms with E-state index in [2.05, 4.69) is 36.1 Å². The minimum atomic E-state index is 0.659. The van der Waals surface area contributed by atoms with Crippen LogP contribution in [0.25, 0.3) is 0 Å². The third-order valence-electron chi connectivity index (χ3n) is 4.08. The molecule has 0 amide bonds. The Morgan fingerprint density at radius 2 is 2.00 bits per heavy atom. The van der Waals surface area contributed by atoms with Gasteiger partial charge in [0.15, 0.2) is 0 Å². The first-order valence-electron chi connectivity index (χ1n) is 7.16. The molecule has 0 radical (unpaired) electrons. The number of hydrogen-bond donors (Lipinski definition) is 1. The average Bonchev–Trinajstić information content (AvgIpc) is 2.32. The molecule has 1 unspecified atom stereocenters. The summed E-state index contributed by atoms with van der Waals surface area (Å²) < 4.78 is 0. The molecule has 0 bridgehead atoms. The van der Waals surface area contributed by atoms with E-state index in [1.807, 2.05) is 7.05 Å². The second kappa shape index (κ2) is 8.06. The van der Waals surface area contributed by atoms with E-state index in [9.17, 15) is 0 Å². The Kier molecular flexibility index (Phi) is 7.09. The zero-order valence-electron chi connectivity index (χ0n) is 12.2. The average molecular weight is 241 g/mol. The van der Waals surface area contributed by atoms with Gasteiger partial charge in [0.25, 0.3) is 0 Å². The van der Waals surface area contributed by atoms with E-state index >= 15 is 0 Å². The van der Waals surface area contributed by atoms with Crippen molar-refractivity contribution in [2.24, 2.45) is 5.92 Å². The molecule has 17 heavy (non-hydrogen) atoms. The monoisotopic (exact) mass is 241 g/mol. The van der Waals surface area contributed by atoms with Crippen molar-refractivity contribution in [2.75, 3.05) is 47.3 Å². The summed E-state index contributed by atoms with van der Waals surface area (Å²) in [4.78, 5) is 4.98. The van der Waals surface area contributed by atoms with Crippen molar-refractivity contribution < 1.29 is 0 Å². The molecule has 1 N–H and O–H groups in total. The Bertz CT molecular complexity index is 188. The summed E-state index contributed by atoms with van der Waals surface area (Å²) in [5.41, 5.74) is 0. The van der Waals surface area contributed by atoms with Gasteiger partial charge in [-0.1, -0.05) is 0 Å². The Labute approximate surface area is 108 Å². The van der Waals surface area contributed by atoms with Gasteiger partial charge in [0.2, 0.25) is 0 Å². The van der Waals surface area contributed by atoms with E-state index in [1.54, 1.807) is 0 Å². The minimum Gasteiger partial charge on any atom is -0.317 e. The fraction of sp³-hybridized carbons (Fsp3) is 1.00. The first-order valence-corrected chi connectivity index (χ1v) is 7.16. The van der Waals surface area contributed by atoms with Gasteiger partial charge >= 0.3 is 0 Å². The van der Waals surface area contributed by atoms with Crippen LogP contribution in [-0.4, -0.2) is 63.2 Å². The lowest BCUT2D eigenvalue weighted by Gasteiger charge is -2.31. The highest BCUT2D eigenvalue weighted by Crippen LogP contribution is 2.16. The predicted octanol–water partition coefficient (Wildman–Crippen LogP) is 1.65. The smallest absolute Gasteiger partial charge is 0.00362 e. The van der Waals surface area contributed by atoms with Crippen molar-refractivity contribution in [3.63, 3.8) is 0 Å². The number of hydrogen-bond acceptors (Lipinski definition) is 3. The Balaban J connectivity index is 2.06. The molecule has 0 aromatic rings. The zero-order chi connectivity index (χ0) is 12.7. The van der Waals surface area contributed by atoms with Gasteiger partial charge in [0.1, 0.15) is 0 Å². The summed E-state index contributed by atoms with van der Waals surface area (Å²) in [7, 11) is 6.56. The van der Waals surface area contributed by atoms with E-state index in [4.69, 9.17) is 0 Å². The van der Waals surface area contributed by atoms with E-state index in [-0.39, 0.29) is 0 Å². The van der Waals surface area contributed by atoms with Gasteiger partial charge in [0, 0.05) is 12.6 Å². The second-order valence-electron chi connectivity index (χ2n) is 5.84. The van der Waals surface area contributed by atoms with Gasteiger partial charge in [-0.25, -0.2) is 0 Å². The largest absolute Gasteiger partial charge is 0.317 e. The highest BCUT2D eigenvalue weighted by atomic mass is 15.1.